The Bertz CT molecular complexity index is 751. The van der Waals surface area contributed by atoms with Crippen molar-refractivity contribution in [2.75, 3.05) is 36.9 Å². The molecule has 0 unspecified atom stereocenters. The van der Waals surface area contributed by atoms with Gasteiger partial charge in [-0.05, 0) is 48.7 Å². The summed E-state index contributed by atoms with van der Waals surface area (Å²) in [5.74, 6) is 0.673. The Labute approximate surface area is 152 Å². The Balaban J connectivity index is 1.47. The summed E-state index contributed by atoms with van der Waals surface area (Å²) < 4.78 is 5.57. The highest BCUT2D eigenvalue weighted by Gasteiger charge is 2.20. The highest BCUT2D eigenvalue weighted by molar-refractivity contribution is 6.30. The van der Waals surface area contributed by atoms with Gasteiger partial charge in [0.1, 0.15) is 12.4 Å². The number of nitrogens with zero attached hydrogens (tertiary/aromatic N) is 1. The number of nitrogens with two attached hydrogens (primary N) is 1. The number of carbonyl (C=O) groups is 1. The van der Waals surface area contributed by atoms with Crippen LogP contribution < -0.4 is 20.7 Å². The molecule has 0 saturated carbocycles. The number of carbonyl (C=O) groups excluding carboxylic acids is 1. The van der Waals surface area contributed by atoms with Gasteiger partial charge >= 0.3 is 0 Å². The van der Waals surface area contributed by atoms with E-state index in [1.54, 1.807) is 12.1 Å². The third-order valence-electron chi connectivity index (χ3n) is 4.21. The van der Waals surface area contributed by atoms with Gasteiger partial charge in [0.15, 0.2) is 0 Å². The van der Waals surface area contributed by atoms with Crippen LogP contribution in [0.1, 0.15) is 12.0 Å². The first-order valence-corrected chi connectivity index (χ1v) is 8.78. The predicted molar refractivity (Wildman–Crippen MR) is 101 cm³/mol. The molecule has 2 aromatic rings. The normalized spacial score (nSPS) is 13.2. The third kappa shape index (κ3) is 4.57. The van der Waals surface area contributed by atoms with Gasteiger partial charge in [-0.25, -0.2) is 0 Å². The lowest BCUT2D eigenvalue weighted by Crippen LogP contribution is -2.41. The maximum atomic E-state index is 12.2. The predicted octanol–water partition coefficient (Wildman–Crippen LogP) is 2.87. The lowest BCUT2D eigenvalue weighted by molar-refractivity contribution is -0.119. The summed E-state index contributed by atoms with van der Waals surface area (Å²) in [7, 11) is 0. The van der Waals surface area contributed by atoms with Gasteiger partial charge in [-0.1, -0.05) is 23.7 Å². The Morgan fingerprint density at radius 3 is 2.96 bits per heavy atom. The number of nitrogen functional groups attached to an aromatic ring is 1. The topological polar surface area (TPSA) is 67.6 Å². The number of ether oxygens (including phenoxy) is 1. The molecule has 6 heteroatoms. The first-order chi connectivity index (χ1) is 12.1. The molecule has 0 atom stereocenters. The molecule has 1 aliphatic rings. The van der Waals surface area contributed by atoms with Crippen molar-refractivity contribution in [3.05, 3.63) is 53.1 Å². The lowest BCUT2D eigenvalue weighted by Gasteiger charge is -2.31. The molecule has 1 aliphatic heterocycles. The zero-order valence-electron chi connectivity index (χ0n) is 14.0. The van der Waals surface area contributed by atoms with Crippen molar-refractivity contribution in [1.29, 1.82) is 0 Å². The minimum Gasteiger partial charge on any atom is -0.492 e. The molecular formula is C19H22ClN3O2. The smallest absolute Gasteiger partial charge is 0.239 e. The largest absolute Gasteiger partial charge is 0.492 e. The fourth-order valence-electron chi connectivity index (χ4n) is 3.04. The van der Waals surface area contributed by atoms with Crippen LogP contribution in [0.3, 0.4) is 0 Å². The summed E-state index contributed by atoms with van der Waals surface area (Å²) in [5, 5.41) is 3.52. The number of hydrogen-bond donors (Lipinski definition) is 2. The SMILES string of the molecule is Nc1cccc2c1CCCN2CC(=O)NCCOc1cccc(Cl)c1. The third-order valence-corrected chi connectivity index (χ3v) is 4.44. The standard InChI is InChI=1S/C19H22ClN3O2/c20-14-4-1-5-15(12-14)25-11-9-22-19(24)13-23-10-3-6-16-17(21)7-2-8-18(16)23/h1-2,4-5,7-8,12H,3,6,9-11,13,21H2,(H,22,24). The minimum atomic E-state index is -0.0232. The average molecular weight is 360 g/mol. The number of rotatable bonds is 6. The summed E-state index contributed by atoms with van der Waals surface area (Å²) in [4.78, 5) is 14.3. The van der Waals surface area contributed by atoms with E-state index in [-0.39, 0.29) is 5.91 Å². The molecule has 132 valence electrons. The van der Waals surface area contributed by atoms with Gasteiger partial charge in [0.25, 0.3) is 0 Å². The van der Waals surface area contributed by atoms with Crippen LogP contribution in [-0.4, -0.2) is 32.1 Å². The van der Waals surface area contributed by atoms with E-state index < -0.39 is 0 Å². The Hall–Kier alpha value is -2.40. The highest BCUT2D eigenvalue weighted by Crippen LogP contribution is 2.30. The van der Waals surface area contributed by atoms with Gasteiger partial charge in [-0.2, -0.15) is 0 Å². The maximum absolute atomic E-state index is 12.2. The number of halogens is 1. The average Bonchev–Trinajstić information content (AvgIpc) is 2.60. The van der Waals surface area contributed by atoms with Crippen molar-refractivity contribution in [3.8, 4) is 5.75 Å². The molecule has 1 amide bonds. The quantitative estimate of drug-likeness (QED) is 0.614. The molecule has 0 fully saturated rings. The van der Waals surface area contributed by atoms with Crippen LogP contribution in [0.25, 0.3) is 0 Å². The van der Waals surface area contributed by atoms with Gasteiger partial charge in [0.05, 0.1) is 13.1 Å². The second-order valence-electron chi connectivity index (χ2n) is 6.03. The van der Waals surface area contributed by atoms with Gasteiger partial charge in [0.2, 0.25) is 5.91 Å². The number of anilines is 2. The van der Waals surface area contributed by atoms with Crippen LogP contribution in [0.2, 0.25) is 5.02 Å². The Kier molecular flexibility index (Phi) is 5.66. The highest BCUT2D eigenvalue weighted by atomic mass is 35.5. The number of nitrogens with one attached hydrogen (secondary N) is 1. The monoisotopic (exact) mass is 359 g/mol. The Morgan fingerprint density at radius 2 is 2.12 bits per heavy atom. The molecule has 5 nitrogen and oxygen atoms in total. The van der Waals surface area contributed by atoms with Crippen molar-refractivity contribution >= 4 is 28.9 Å². The van der Waals surface area contributed by atoms with Crippen LogP contribution in [0, 0.1) is 0 Å². The fraction of sp³-hybridized carbons (Fsp3) is 0.316. The van der Waals surface area contributed by atoms with Crippen LogP contribution in [0.4, 0.5) is 11.4 Å². The van der Waals surface area contributed by atoms with Gasteiger partial charge in [0, 0.05) is 22.9 Å². The van der Waals surface area contributed by atoms with Crippen LogP contribution in [0.15, 0.2) is 42.5 Å². The van der Waals surface area contributed by atoms with Crippen molar-refractivity contribution in [2.24, 2.45) is 0 Å². The van der Waals surface area contributed by atoms with Crippen LogP contribution >= 0.6 is 11.6 Å². The molecular weight excluding hydrogens is 338 g/mol. The zero-order valence-corrected chi connectivity index (χ0v) is 14.8. The number of fused-ring (bicyclic) bond motifs is 1. The van der Waals surface area contributed by atoms with E-state index in [0.717, 1.165) is 36.3 Å². The first kappa shape index (κ1) is 17.4. The second kappa shape index (κ2) is 8.12. The number of amides is 1. The zero-order chi connectivity index (χ0) is 17.6. The maximum Gasteiger partial charge on any atom is 0.239 e. The van der Waals surface area contributed by atoms with Crippen molar-refractivity contribution < 1.29 is 9.53 Å². The van der Waals surface area contributed by atoms with Crippen LogP contribution in [0.5, 0.6) is 5.75 Å². The summed E-state index contributed by atoms with van der Waals surface area (Å²) in [6.45, 7) is 2.04. The Morgan fingerprint density at radius 1 is 1.28 bits per heavy atom. The molecule has 0 bridgehead atoms. The number of hydrogen-bond acceptors (Lipinski definition) is 4. The van der Waals surface area contributed by atoms with Crippen molar-refractivity contribution in [3.63, 3.8) is 0 Å². The summed E-state index contributed by atoms with van der Waals surface area (Å²) in [6, 6.07) is 13.1. The van der Waals surface area contributed by atoms with Gasteiger partial charge in [-0.3, -0.25) is 4.79 Å². The molecule has 0 aromatic heterocycles. The van der Waals surface area contributed by atoms with Crippen molar-refractivity contribution in [1.82, 2.24) is 5.32 Å². The lowest BCUT2D eigenvalue weighted by atomic mass is 10.00. The molecule has 0 aliphatic carbocycles. The fourth-order valence-corrected chi connectivity index (χ4v) is 3.22. The van der Waals surface area contributed by atoms with E-state index in [4.69, 9.17) is 22.1 Å². The van der Waals surface area contributed by atoms with E-state index >= 15 is 0 Å². The summed E-state index contributed by atoms with van der Waals surface area (Å²) in [6.07, 6.45) is 1.97. The molecule has 3 N–H and O–H groups in total. The number of benzene rings is 2. The minimum absolute atomic E-state index is 0.0232. The molecule has 0 radical (unpaired) electrons. The van der Waals surface area contributed by atoms with E-state index in [0.29, 0.717) is 30.5 Å². The molecule has 25 heavy (non-hydrogen) atoms. The van der Waals surface area contributed by atoms with Crippen LogP contribution in [-0.2, 0) is 11.2 Å². The summed E-state index contributed by atoms with van der Waals surface area (Å²) in [5.41, 5.74) is 9.06. The summed E-state index contributed by atoms with van der Waals surface area (Å²) >= 11 is 5.90. The van der Waals surface area contributed by atoms with E-state index in [1.165, 1.54) is 0 Å². The molecule has 3 rings (SSSR count). The van der Waals surface area contributed by atoms with Gasteiger partial charge in [-0.15, -0.1) is 0 Å². The van der Waals surface area contributed by atoms with Gasteiger partial charge < -0.3 is 20.7 Å². The molecule has 1 heterocycles. The first-order valence-electron chi connectivity index (χ1n) is 8.41. The van der Waals surface area contributed by atoms with Crippen molar-refractivity contribution in [2.45, 2.75) is 12.8 Å². The van der Waals surface area contributed by atoms with E-state index in [2.05, 4.69) is 10.2 Å². The molecule has 0 spiro atoms. The molecule has 0 saturated heterocycles. The van der Waals surface area contributed by atoms with E-state index in [9.17, 15) is 4.79 Å². The van der Waals surface area contributed by atoms with E-state index in [1.807, 2.05) is 30.3 Å². The second-order valence-corrected chi connectivity index (χ2v) is 6.46. The molecule has 2 aromatic carbocycles.